The van der Waals surface area contributed by atoms with Gasteiger partial charge in [-0.2, -0.15) is 0 Å². The van der Waals surface area contributed by atoms with Gasteiger partial charge >= 0.3 is 12.3 Å². The third kappa shape index (κ3) is 4.13. The summed E-state index contributed by atoms with van der Waals surface area (Å²) in [5, 5.41) is 8.35. The number of hydrogen-bond donors (Lipinski definition) is 1. The lowest BCUT2D eigenvalue weighted by Crippen LogP contribution is -2.20. The molecule has 0 aliphatic heterocycles. The van der Waals surface area contributed by atoms with Crippen LogP contribution in [0.2, 0.25) is 0 Å². The second-order valence-corrected chi connectivity index (χ2v) is 3.06. The topological polar surface area (TPSA) is 63.6 Å². The van der Waals surface area contributed by atoms with Crippen molar-refractivity contribution in [3.8, 4) is 5.75 Å². The van der Waals surface area contributed by atoms with E-state index < -0.39 is 30.3 Å². The minimum atomic E-state index is -4.89. The zero-order chi connectivity index (χ0) is 13.1. The Kier molecular flexibility index (Phi) is 3.72. The van der Waals surface area contributed by atoms with Crippen molar-refractivity contribution >= 4 is 11.8 Å². The van der Waals surface area contributed by atoms with E-state index in [4.69, 9.17) is 5.11 Å². The highest BCUT2D eigenvalue weighted by molar-refractivity contribution is 6.33. The fraction of sp³-hybridized carbons (Fsp3) is 0.200. The summed E-state index contributed by atoms with van der Waals surface area (Å²) < 4.78 is 39.6. The average Bonchev–Trinajstić information content (AvgIpc) is 2.18. The summed E-state index contributed by atoms with van der Waals surface area (Å²) in [5.74, 6) is -3.48. The Bertz CT molecular complexity index is 439. The third-order valence-electron chi connectivity index (χ3n) is 1.79. The molecule has 0 fully saturated rings. The number of hydrogen-bond acceptors (Lipinski definition) is 3. The Hall–Kier alpha value is -2.05. The Morgan fingerprint density at radius 1 is 1.24 bits per heavy atom. The van der Waals surface area contributed by atoms with Gasteiger partial charge in [-0.05, 0) is 6.07 Å². The molecule has 0 heterocycles. The molecule has 7 heteroatoms. The lowest BCUT2D eigenvalue weighted by Gasteiger charge is -2.12. The van der Waals surface area contributed by atoms with Gasteiger partial charge in [0, 0.05) is 12.0 Å². The van der Waals surface area contributed by atoms with Crippen LogP contribution in [-0.4, -0.2) is 23.2 Å². The molecule has 0 aliphatic carbocycles. The van der Waals surface area contributed by atoms with Crippen molar-refractivity contribution in [2.45, 2.75) is 12.8 Å². The van der Waals surface area contributed by atoms with Crippen LogP contribution in [0.3, 0.4) is 0 Å². The molecule has 1 aromatic carbocycles. The van der Waals surface area contributed by atoms with Crippen molar-refractivity contribution in [1.82, 2.24) is 0 Å². The number of carboxylic acid groups (broad SMARTS) is 1. The predicted molar refractivity (Wildman–Crippen MR) is 49.5 cm³/mol. The number of aliphatic carboxylic acids is 1. The van der Waals surface area contributed by atoms with Gasteiger partial charge in [-0.15, -0.1) is 13.2 Å². The third-order valence-corrected chi connectivity index (χ3v) is 1.79. The van der Waals surface area contributed by atoms with Gasteiger partial charge in [0.25, 0.3) is 0 Å². The number of benzene rings is 1. The van der Waals surface area contributed by atoms with Crippen LogP contribution in [0.15, 0.2) is 24.3 Å². The lowest BCUT2D eigenvalue weighted by atomic mass is 10.1. The largest absolute Gasteiger partial charge is 0.573 e. The molecular formula is C10H7F3O4. The lowest BCUT2D eigenvalue weighted by molar-refractivity contribution is -0.274. The second kappa shape index (κ2) is 4.86. The van der Waals surface area contributed by atoms with Crippen LogP contribution in [-0.2, 0) is 16.0 Å². The summed E-state index contributed by atoms with van der Waals surface area (Å²) in [6.07, 6.45) is -5.54. The van der Waals surface area contributed by atoms with Crippen molar-refractivity contribution in [3.63, 3.8) is 0 Å². The molecule has 0 atom stereocenters. The molecule has 0 amide bonds. The van der Waals surface area contributed by atoms with E-state index >= 15 is 0 Å². The molecule has 92 valence electrons. The average molecular weight is 248 g/mol. The van der Waals surface area contributed by atoms with E-state index in [1.165, 1.54) is 18.2 Å². The molecule has 0 unspecified atom stereocenters. The number of para-hydroxylation sites is 1. The van der Waals surface area contributed by atoms with E-state index in [1.54, 1.807) is 0 Å². The van der Waals surface area contributed by atoms with E-state index in [2.05, 4.69) is 4.74 Å². The zero-order valence-corrected chi connectivity index (χ0v) is 8.32. The first-order chi connectivity index (χ1) is 7.79. The number of halogens is 3. The Morgan fingerprint density at radius 2 is 1.82 bits per heavy atom. The van der Waals surface area contributed by atoms with Crippen LogP contribution < -0.4 is 4.74 Å². The molecule has 17 heavy (non-hydrogen) atoms. The van der Waals surface area contributed by atoms with Gasteiger partial charge in [-0.1, -0.05) is 18.2 Å². The van der Waals surface area contributed by atoms with Crippen LogP contribution in [0.1, 0.15) is 5.56 Å². The summed E-state index contributed by atoms with van der Waals surface area (Å²) in [6.45, 7) is 0. The normalized spacial score (nSPS) is 11.0. The quantitative estimate of drug-likeness (QED) is 0.825. The predicted octanol–water partition coefficient (Wildman–Crippen LogP) is 1.78. The summed E-state index contributed by atoms with van der Waals surface area (Å²) in [7, 11) is 0. The van der Waals surface area contributed by atoms with Gasteiger partial charge in [0.05, 0.1) is 0 Å². The maximum absolute atomic E-state index is 12.0. The van der Waals surface area contributed by atoms with Crippen molar-refractivity contribution in [2.24, 2.45) is 0 Å². The number of carbonyl (C=O) groups is 2. The number of ether oxygens (including phenoxy) is 1. The Labute approximate surface area is 93.6 Å². The first-order valence-electron chi connectivity index (χ1n) is 4.39. The Morgan fingerprint density at radius 3 is 2.35 bits per heavy atom. The number of Topliss-reactive ketones (excluding diaryl/α,β-unsaturated/α-hetero) is 1. The molecule has 0 aliphatic rings. The van der Waals surface area contributed by atoms with Crippen molar-refractivity contribution < 1.29 is 32.6 Å². The first kappa shape index (κ1) is 13.0. The van der Waals surface area contributed by atoms with Crippen LogP contribution in [0.4, 0.5) is 13.2 Å². The number of rotatable bonds is 4. The van der Waals surface area contributed by atoms with Crippen molar-refractivity contribution in [2.75, 3.05) is 0 Å². The minimum Gasteiger partial charge on any atom is -0.475 e. The summed E-state index contributed by atoms with van der Waals surface area (Å²) in [4.78, 5) is 21.2. The number of carboxylic acids is 1. The molecule has 0 saturated heterocycles. The maximum atomic E-state index is 12.0. The number of carbonyl (C=O) groups excluding carboxylic acids is 1. The van der Waals surface area contributed by atoms with Crippen molar-refractivity contribution in [3.05, 3.63) is 29.8 Å². The molecular weight excluding hydrogens is 241 g/mol. The van der Waals surface area contributed by atoms with Gasteiger partial charge in [-0.25, -0.2) is 4.79 Å². The summed E-state index contributed by atoms with van der Waals surface area (Å²) >= 11 is 0. The Balaban J connectivity index is 2.92. The maximum Gasteiger partial charge on any atom is 0.573 e. The van der Waals surface area contributed by atoms with E-state index in [-0.39, 0.29) is 5.56 Å². The molecule has 0 aromatic heterocycles. The van der Waals surface area contributed by atoms with Gasteiger partial charge in [0.15, 0.2) is 0 Å². The molecule has 1 N–H and O–H groups in total. The van der Waals surface area contributed by atoms with Gasteiger partial charge in [0.2, 0.25) is 5.78 Å². The highest BCUT2D eigenvalue weighted by Crippen LogP contribution is 2.26. The minimum absolute atomic E-state index is 0.128. The molecule has 0 bridgehead atoms. The smallest absolute Gasteiger partial charge is 0.475 e. The van der Waals surface area contributed by atoms with Gasteiger partial charge in [-0.3, -0.25) is 4.79 Å². The standard InChI is InChI=1S/C10H7F3O4/c11-10(12,13)17-8-4-2-1-3-6(8)5-7(14)9(15)16/h1-4H,5H2,(H,15,16). The molecule has 0 saturated carbocycles. The molecule has 1 rings (SSSR count). The molecule has 1 aromatic rings. The van der Waals surface area contributed by atoms with E-state index in [9.17, 15) is 22.8 Å². The highest BCUT2D eigenvalue weighted by atomic mass is 19.4. The zero-order valence-electron chi connectivity index (χ0n) is 8.32. The first-order valence-corrected chi connectivity index (χ1v) is 4.39. The molecule has 4 nitrogen and oxygen atoms in total. The monoisotopic (exact) mass is 248 g/mol. The summed E-state index contributed by atoms with van der Waals surface area (Å²) in [6, 6.07) is 4.88. The SMILES string of the molecule is O=C(O)C(=O)Cc1ccccc1OC(F)(F)F. The summed E-state index contributed by atoms with van der Waals surface area (Å²) in [5.41, 5.74) is -0.128. The van der Waals surface area contributed by atoms with Crippen LogP contribution >= 0.6 is 0 Å². The van der Waals surface area contributed by atoms with Crippen molar-refractivity contribution in [1.29, 1.82) is 0 Å². The van der Waals surface area contributed by atoms with E-state index in [0.29, 0.717) is 0 Å². The fourth-order valence-electron chi connectivity index (χ4n) is 1.12. The second-order valence-electron chi connectivity index (χ2n) is 3.06. The number of ketones is 1. The van der Waals surface area contributed by atoms with Crippen LogP contribution in [0.25, 0.3) is 0 Å². The highest BCUT2D eigenvalue weighted by Gasteiger charge is 2.32. The van der Waals surface area contributed by atoms with E-state index in [1.807, 2.05) is 0 Å². The number of alkyl halides is 3. The van der Waals surface area contributed by atoms with E-state index in [0.717, 1.165) is 6.07 Å². The van der Waals surface area contributed by atoms with Crippen LogP contribution in [0, 0.1) is 0 Å². The van der Waals surface area contributed by atoms with Gasteiger partial charge < -0.3 is 9.84 Å². The van der Waals surface area contributed by atoms with Crippen LogP contribution in [0.5, 0.6) is 5.75 Å². The fourth-order valence-corrected chi connectivity index (χ4v) is 1.12. The molecule has 0 spiro atoms. The van der Waals surface area contributed by atoms with Gasteiger partial charge in [0.1, 0.15) is 5.75 Å². The molecule has 0 radical (unpaired) electrons.